The van der Waals surface area contributed by atoms with Crippen molar-refractivity contribution in [3.63, 3.8) is 0 Å². The van der Waals surface area contributed by atoms with Crippen LogP contribution in [0.3, 0.4) is 0 Å². The lowest BCUT2D eigenvalue weighted by molar-refractivity contribution is 0.188. The number of hydrogen-bond acceptors (Lipinski definition) is 3. The Morgan fingerprint density at radius 1 is 0.867 bits per heavy atom. The highest BCUT2D eigenvalue weighted by Crippen LogP contribution is 2.37. The molecule has 4 rings (SSSR count). The molecule has 3 aromatic carbocycles. The average molecular weight is 401 g/mol. The number of nitrogens with zero attached hydrogens (tertiary/aromatic N) is 2. The molecule has 0 fully saturated rings. The van der Waals surface area contributed by atoms with Crippen LogP contribution in [0.2, 0.25) is 0 Å². The Morgan fingerprint density at radius 3 is 2.23 bits per heavy atom. The summed E-state index contributed by atoms with van der Waals surface area (Å²) in [5.74, 6) is 2.24. The molecule has 0 amide bonds. The number of ether oxygens (including phenoxy) is 2. The summed E-state index contributed by atoms with van der Waals surface area (Å²) in [6.45, 7) is 5.71. The molecule has 0 aliphatic carbocycles. The van der Waals surface area contributed by atoms with Crippen LogP contribution in [0.1, 0.15) is 25.3 Å². The highest BCUT2D eigenvalue weighted by Gasteiger charge is 2.20. The van der Waals surface area contributed by atoms with E-state index in [2.05, 4.69) is 73.0 Å². The van der Waals surface area contributed by atoms with Crippen LogP contribution < -0.4 is 4.74 Å². The first-order chi connectivity index (χ1) is 14.6. The minimum atomic E-state index is 0.496. The van der Waals surface area contributed by atoms with E-state index in [1.54, 1.807) is 14.2 Å². The van der Waals surface area contributed by atoms with Gasteiger partial charge in [0.1, 0.15) is 22.6 Å². The second kappa shape index (κ2) is 8.72. The van der Waals surface area contributed by atoms with Crippen LogP contribution in [-0.4, -0.2) is 30.4 Å². The number of fused-ring (bicyclic) bond motifs is 1. The molecule has 0 radical (unpaired) electrons. The molecule has 1 aromatic heterocycles. The molecule has 0 atom stereocenters. The van der Waals surface area contributed by atoms with Crippen LogP contribution in [0.15, 0.2) is 66.7 Å². The van der Waals surface area contributed by atoms with Gasteiger partial charge in [0.25, 0.3) is 0 Å². The Morgan fingerprint density at radius 2 is 1.60 bits per heavy atom. The van der Waals surface area contributed by atoms with Gasteiger partial charge in [0.2, 0.25) is 0 Å². The number of imidazole rings is 1. The maximum Gasteiger partial charge on any atom is 0.144 e. The SMILES string of the molecule is COCCn1c(-c2ccc(C(C)C)cc2)nc2c(-c3ccccc3)ccc(OC)c21. The lowest BCUT2D eigenvalue weighted by atomic mass is 10.0. The summed E-state index contributed by atoms with van der Waals surface area (Å²) in [6.07, 6.45) is 0. The fourth-order valence-electron chi connectivity index (χ4n) is 3.86. The molecule has 0 saturated heterocycles. The lowest BCUT2D eigenvalue weighted by Crippen LogP contribution is -2.07. The molecule has 0 spiro atoms. The smallest absolute Gasteiger partial charge is 0.144 e. The van der Waals surface area contributed by atoms with Gasteiger partial charge >= 0.3 is 0 Å². The summed E-state index contributed by atoms with van der Waals surface area (Å²) in [5, 5.41) is 0. The van der Waals surface area contributed by atoms with Crippen LogP contribution in [0.5, 0.6) is 5.75 Å². The van der Waals surface area contributed by atoms with Crippen molar-refractivity contribution < 1.29 is 9.47 Å². The van der Waals surface area contributed by atoms with Crippen molar-refractivity contribution in [2.45, 2.75) is 26.3 Å². The molecule has 154 valence electrons. The topological polar surface area (TPSA) is 36.3 Å². The van der Waals surface area contributed by atoms with Gasteiger partial charge in [-0.05, 0) is 29.2 Å². The van der Waals surface area contributed by atoms with E-state index in [4.69, 9.17) is 14.5 Å². The first-order valence-electron chi connectivity index (χ1n) is 10.4. The summed E-state index contributed by atoms with van der Waals surface area (Å²) in [4.78, 5) is 5.12. The Hall–Kier alpha value is -3.11. The average Bonchev–Trinajstić information content (AvgIpc) is 3.17. The van der Waals surface area contributed by atoms with Gasteiger partial charge in [-0.15, -0.1) is 0 Å². The van der Waals surface area contributed by atoms with Crippen molar-refractivity contribution in [2.75, 3.05) is 20.8 Å². The van der Waals surface area contributed by atoms with Gasteiger partial charge in [-0.3, -0.25) is 0 Å². The van der Waals surface area contributed by atoms with E-state index in [-0.39, 0.29) is 0 Å². The number of hydrogen-bond donors (Lipinski definition) is 0. The predicted molar refractivity (Wildman–Crippen MR) is 123 cm³/mol. The first kappa shape index (κ1) is 20.2. The fraction of sp³-hybridized carbons (Fsp3) is 0.269. The fourth-order valence-corrected chi connectivity index (χ4v) is 3.86. The third-order valence-electron chi connectivity index (χ3n) is 5.52. The maximum atomic E-state index is 5.74. The molecule has 1 heterocycles. The second-order valence-corrected chi connectivity index (χ2v) is 7.74. The zero-order valence-electron chi connectivity index (χ0n) is 18.1. The van der Waals surface area contributed by atoms with E-state index < -0.39 is 0 Å². The van der Waals surface area contributed by atoms with E-state index in [9.17, 15) is 0 Å². The van der Waals surface area contributed by atoms with E-state index in [1.807, 2.05) is 12.1 Å². The maximum absolute atomic E-state index is 5.74. The van der Waals surface area contributed by atoms with Crippen LogP contribution in [0, 0.1) is 0 Å². The van der Waals surface area contributed by atoms with Gasteiger partial charge < -0.3 is 14.0 Å². The van der Waals surface area contributed by atoms with E-state index in [0.29, 0.717) is 19.1 Å². The van der Waals surface area contributed by atoms with Gasteiger partial charge in [0, 0.05) is 24.8 Å². The van der Waals surface area contributed by atoms with E-state index in [0.717, 1.165) is 39.3 Å². The van der Waals surface area contributed by atoms with Crippen LogP contribution >= 0.6 is 0 Å². The van der Waals surface area contributed by atoms with Crippen LogP contribution in [-0.2, 0) is 11.3 Å². The van der Waals surface area contributed by atoms with Gasteiger partial charge in [0.05, 0.1) is 13.7 Å². The van der Waals surface area contributed by atoms with Crippen molar-refractivity contribution in [1.82, 2.24) is 9.55 Å². The highest BCUT2D eigenvalue weighted by molar-refractivity contribution is 5.97. The molecule has 0 N–H and O–H groups in total. The Bertz CT molecular complexity index is 1130. The standard InChI is InChI=1S/C26H28N2O2/c1-18(2)19-10-12-21(13-11-19)26-27-24-22(20-8-6-5-7-9-20)14-15-23(30-4)25(24)28(26)16-17-29-3/h5-15,18H,16-17H2,1-4H3. The Labute approximate surface area is 178 Å². The zero-order chi connectivity index (χ0) is 21.1. The molecule has 0 saturated carbocycles. The van der Waals surface area contributed by atoms with E-state index in [1.165, 1.54) is 5.56 Å². The van der Waals surface area contributed by atoms with Gasteiger partial charge in [-0.2, -0.15) is 0 Å². The number of rotatable bonds is 7. The zero-order valence-corrected chi connectivity index (χ0v) is 18.1. The number of aromatic nitrogens is 2. The lowest BCUT2D eigenvalue weighted by Gasteiger charge is -2.12. The van der Waals surface area contributed by atoms with Crippen molar-refractivity contribution in [1.29, 1.82) is 0 Å². The molecule has 0 unspecified atom stereocenters. The normalized spacial score (nSPS) is 11.4. The summed E-state index contributed by atoms with van der Waals surface area (Å²) in [5.41, 5.74) is 6.60. The predicted octanol–water partition coefficient (Wildman–Crippen LogP) is 6.15. The summed E-state index contributed by atoms with van der Waals surface area (Å²) in [6, 6.07) is 23.2. The first-order valence-corrected chi connectivity index (χ1v) is 10.4. The summed E-state index contributed by atoms with van der Waals surface area (Å²) >= 11 is 0. The van der Waals surface area contributed by atoms with Crippen molar-refractivity contribution in [3.8, 4) is 28.3 Å². The van der Waals surface area contributed by atoms with Crippen LogP contribution in [0.4, 0.5) is 0 Å². The molecule has 0 aliphatic heterocycles. The monoisotopic (exact) mass is 400 g/mol. The molecular weight excluding hydrogens is 372 g/mol. The van der Waals surface area contributed by atoms with Gasteiger partial charge in [0.15, 0.2) is 0 Å². The van der Waals surface area contributed by atoms with Crippen molar-refractivity contribution >= 4 is 11.0 Å². The molecule has 30 heavy (non-hydrogen) atoms. The minimum absolute atomic E-state index is 0.496. The quantitative estimate of drug-likeness (QED) is 0.373. The molecule has 4 nitrogen and oxygen atoms in total. The van der Waals surface area contributed by atoms with E-state index >= 15 is 0 Å². The van der Waals surface area contributed by atoms with Gasteiger partial charge in [-0.25, -0.2) is 4.98 Å². The number of methoxy groups -OCH3 is 2. The molecule has 4 aromatic rings. The third kappa shape index (κ3) is 3.71. The Balaban J connectivity index is 1.97. The molecular formula is C26H28N2O2. The largest absolute Gasteiger partial charge is 0.494 e. The minimum Gasteiger partial charge on any atom is -0.494 e. The summed E-state index contributed by atoms with van der Waals surface area (Å²) in [7, 11) is 3.44. The highest BCUT2D eigenvalue weighted by atomic mass is 16.5. The number of benzene rings is 3. The third-order valence-corrected chi connectivity index (χ3v) is 5.52. The van der Waals surface area contributed by atoms with Gasteiger partial charge in [-0.1, -0.05) is 68.4 Å². The van der Waals surface area contributed by atoms with Crippen molar-refractivity contribution in [3.05, 3.63) is 72.3 Å². The molecule has 4 heteroatoms. The summed E-state index contributed by atoms with van der Waals surface area (Å²) < 4.78 is 13.4. The molecule has 0 bridgehead atoms. The second-order valence-electron chi connectivity index (χ2n) is 7.74. The molecule has 0 aliphatic rings. The Kier molecular flexibility index (Phi) is 5.86. The van der Waals surface area contributed by atoms with Crippen LogP contribution in [0.25, 0.3) is 33.5 Å². The van der Waals surface area contributed by atoms with Crippen molar-refractivity contribution in [2.24, 2.45) is 0 Å².